The molecule has 6 heteroatoms. The summed E-state index contributed by atoms with van der Waals surface area (Å²) in [6.07, 6.45) is 6.09. The Kier molecular flexibility index (Phi) is 3.69. The van der Waals surface area contributed by atoms with E-state index < -0.39 is 22.5 Å². The molecule has 0 aromatic carbocycles. The number of aromatic nitrogens is 1. The van der Waals surface area contributed by atoms with Crippen LogP contribution < -0.4 is 0 Å². The highest BCUT2D eigenvalue weighted by atomic mass is 35.5. The Bertz CT molecular complexity index is 608. The molecular weight excluding hydrogens is 271 g/mol. The van der Waals surface area contributed by atoms with Crippen molar-refractivity contribution >= 4 is 23.6 Å². The molecule has 1 aliphatic carbocycles. The molecule has 1 aliphatic rings. The number of carbonyl (C=O) groups is 1. The van der Waals surface area contributed by atoms with Crippen molar-refractivity contribution < 1.29 is 14.0 Å². The predicted molar refractivity (Wildman–Crippen MR) is 66.7 cm³/mol. The first-order chi connectivity index (χ1) is 9.08. The number of isocyanates is 1. The Morgan fingerprint density at radius 2 is 2.32 bits per heavy atom. The molecule has 1 aromatic heterocycles. The molecule has 1 heterocycles. The fraction of sp³-hybridized carbons (Fsp3) is 0.154. The van der Waals surface area contributed by atoms with Crippen molar-refractivity contribution in [3.05, 3.63) is 54.1 Å². The third kappa shape index (κ3) is 2.52. The van der Waals surface area contributed by atoms with Crippen LogP contribution >= 0.6 is 11.6 Å². The van der Waals surface area contributed by atoms with Gasteiger partial charge in [0.25, 0.3) is 5.91 Å². The number of pyridine rings is 1. The average Bonchev–Trinajstić information content (AvgIpc) is 2.40. The molecule has 0 spiro atoms. The zero-order chi connectivity index (χ0) is 13.9. The number of nitrogens with zero attached hydrogens (tertiary/aromatic N) is 2. The monoisotopic (exact) mass is 278 g/mol. The van der Waals surface area contributed by atoms with Crippen LogP contribution in [0.3, 0.4) is 0 Å². The van der Waals surface area contributed by atoms with Gasteiger partial charge in [-0.2, -0.15) is 0 Å². The highest BCUT2D eigenvalue weighted by Gasteiger charge is 2.43. The number of rotatable bonds is 2. The molecule has 2 atom stereocenters. The molecule has 0 radical (unpaired) electrons. The maximum Gasteiger partial charge on any atom is 0.265 e. The van der Waals surface area contributed by atoms with Gasteiger partial charge in [0, 0.05) is 6.20 Å². The number of carbonyl (C=O) groups excluding carboxylic acids is 2. The molecule has 1 amide bonds. The number of aliphatic imine (C=N–C) groups is 1. The van der Waals surface area contributed by atoms with Crippen LogP contribution in [0.1, 0.15) is 5.69 Å². The summed E-state index contributed by atoms with van der Waals surface area (Å²) in [5.41, 5.74) is 0.301. The van der Waals surface area contributed by atoms with E-state index in [2.05, 4.69) is 9.98 Å². The molecule has 2 rings (SSSR count). The third-order valence-corrected chi connectivity index (χ3v) is 3.27. The minimum absolute atomic E-state index is 0.301. The van der Waals surface area contributed by atoms with Crippen LogP contribution in [0.4, 0.5) is 4.39 Å². The predicted octanol–water partition coefficient (Wildman–Crippen LogP) is 2.42. The van der Waals surface area contributed by atoms with E-state index in [1.807, 2.05) is 0 Å². The molecule has 0 bridgehead atoms. The molecule has 4 nitrogen and oxygen atoms in total. The van der Waals surface area contributed by atoms with Gasteiger partial charge < -0.3 is 0 Å². The molecule has 0 saturated carbocycles. The molecule has 2 unspecified atom stereocenters. The van der Waals surface area contributed by atoms with Crippen molar-refractivity contribution in [2.24, 2.45) is 10.9 Å². The topological polar surface area (TPSA) is 59.4 Å². The molecule has 0 N–H and O–H groups in total. The fourth-order valence-corrected chi connectivity index (χ4v) is 2.25. The highest BCUT2D eigenvalue weighted by molar-refractivity contribution is 6.27. The van der Waals surface area contributed by atoms with Crippen molar-refractivity contribution in [1.29, 1.82) is 0 Å². The van der Waals surface area contributed by atoms with Crippen LogP contribution in [0.5, 0.6) is 0 Å². The van der Waals surface area contributed by atoms with Gasteiger partial charge in [0.15, 0.2) is 0 Å². The van der Waals surface area contributed by atoms with E-state index in [1.54, 1.807) is 18.2 Å². The van der Waals surface area contributed by atoms with Gasteiger partial charge in [-0.3, -0.25) is 9.78 Å². The maximum absolute atomic E-state index is 13.4. The lowest BCUT2D eigenvalue weighted by Gasteiger charge is -2.30. The van der Waals surface area contributed by atoms with E-state index >= 15 is 0 Å². The Morgan fingerprint density at radius 3 is 2.95 bits per heavy atom. The Labute approximate surface area is 113 Å². The maximum atomic E-state index is 13.4. The van der Waals surface area contributed by atoms with Gasteiger partial charge in [0.2, 0.25) is 6.08 Å². The SMILES string of the molecule is O=C=NC(=O)C1C=CC(F)=CC1(Cl)c1ccccn1. The van der Waals surface area contributed by atoms with Gasteiger partial charge in [-0.15, -0.1) is 16.6 Å². The standard InChI is InChI=1S/C13H8ClFN2O2/c14-13(11-3-1-2-6-16-11)7-9(15)4-5-10(13)12(19)17-8-18/h1-7,10H. The molecule has 0 saturated heterocycles. The molecule has 19 heavy (non-hydrogen) atoms. The van der Waals surface area contributed by atoms with Gasteiger partial charge in [0.1, 0.15) is 10.7 Å². The van der Waals surface area contributed by atoms with Crippen molar-refractivity contribution in [3.8, 4) is 0 Å². The van der Waals surface area contributed by atoms with Crippen LogP contribution in [-0.4, -0.2) is 17.0 Å². The summed E-state index contributed by atoms with van der Waals surface area (Å²) in [5, 5.41) is 0. The minimum Gasteiger partial charge on any atom is -0.271 e. The second-order valence-electron chi connectivity index (χ2n) is 3.89. The number of allylic oxidation sites excluding steroid dienone is 3. The van der Waals surface area contributed by atoms with E-state index in [0.29, 0.717) is 5.69 Å². The van der Waals surface area contributed by atoms with Gasteiger partial charge in [-0.1, -0.05) is 12.1 Å². The van der Waals surface area contributed by atoms with E-state index in [9.17, 15) is 14.0 Å². The number of alkyl halides is 1. The second-order valence-corrected chi connectivity index (χ2v) is 4.52. The van der Waals surface area contributed by atoms with E-state index in [1.165, 1.54) is 12.3 Å². The van der Waals surface area contributed by atoms with Crippen LogP contribution in [0.2, 0.25) is 0 Å². The quantitative estimate of drug-likeness (QED) is 0.474. The fourth-order valence-electron chi connectivity index (χ4n) is 1.87. The molecule has 0 aliphatic heterocycles. The summed E-state index contributed by atoms with van der Waals surface area (Å²) >= 11 is 6.35. The number of halogens is 2. The van der Waals surface area contributed by atoms with E-state index in [0.717, 1.165) is 18.2 Å². The van der Waals surface area contributed by atoms with E-state index in [-0.39, 0.29) is 0 Å². The number of hydrogen-bond acceptors (Lipinski definition) is 3. The van der Waals surface area contributed by atoms with Crippen molar-refractivity contribution in [2.45, 2.75) is 4.87 Å². The normalized spacial score (nSPS) is 25.4. The van der Waals surface area contributed by atoms with Crippen LogP contribution in [0.15, 0.2) is 53.4 Å². The first kappa shape index (κ1) is 13.3. The lowest BCUT2D eigenvalue weighted by atomic mass is 9.83. The van der Waals surface area contributed by atoms with Gasteiger partial charge in [0.05, 0.1) is 11.6 Å². The zero-order valence-electron chi connectivity index (χ0n) is 9.59. The Morgan fingerprint density at radius 1 is 1.53 bits per heavy atom. The second kappa shape index (κ2) is 5.26. The summed E-state index contributed by atoms with van der Waals surface area (Å²) in [7, 11) is 0. The zero-order valence-corrected chi connectivity index (χ0v) is 10.3. The summed E-state index contributed by atoms with van der Waals surface area (Å²) in [6, 6.07) is 4.91. The van der Waals surface area contributed by atoms with Crippen LogP contribution in [0, 0.1) is 5.92 Å². The van der Waals surface area contributed by atoms with Gasteiger partial charge in [-0.05, 0) is 24.3 Å². The lowest BCUT2D eigenvalue weighted by molar-refractivity contribution is -0.120. The first-order valence-corrected chi connectivity index (χ1v) is 5.74. The van der Waals surface area contributed by atoms with Crippen LogP contribution in [-0.2, 0) is 14.5 Å². The molecule has 0 fully saturated rings. The highest BCUT2D eigenvalue weighted by Crippen LogP contribution is 2.42. The summed E-state index contributed by atoms with van der Waals surface area (Å²) in [6.45, 7) is 0. The Hall–Kier alpha value is -2.10. The molecule has 96 valence electrons. The van der Waals surface area contributed by atoms with Gasteiger partial charge in [-0.25, -0.2) is 9.18 Å². The van der Waals surface area contributed by atoms with Crippen molar-refractivity contribution in [3.63, 3.8) is 0 Å². The molecular formula is C13H8ClFN2O2. The summed E-state index contributed by atoms with van der Waals surface area (Å²) < 4.78 is 13.4. The van der Waals surface area contributed by atoms with Crippen molar-refractivity contribution in [1.82, 2.24) is 4.98 Å². The Balaban J connectivity index is 2.52. The summed E-state index contributed by atoms with van der Waals surface area (Å²) in [4.78, 5) is 27.5. The number of hydrogen-bond donors (Lipinski definition) is 0. The molecule has 1 aromatic rings. The lowest BCUT2D eigenvalue weighted by Crippen LogP contribution is -2.34. The first-order valence-electron chi connectivity index (χ1n) is 5.36. The number of amides is 1. The minimum atomic E-state index is -1.50. The summed E-state index contributed by atoms with van der Waals surface area (Å²) in [5.74, 6) is -2.39. The smallest absolute Gasteiger partial charge is 0.265 e. The van der Waals surface area contributed by atoms with Gasteiger partial charge >= 0.3 is 0 Å². The van der Waals surface area contributed by atoms with Crippen molar-refractivity contribution in [2.75, 3.05) is 0 Å². The van der Waals surface area contributed by atoms with E-state index in [4.69, 9.17) is 11.6 Å². The van der Waals surface area contributed by atoms with Crippen LogP contribution in [0.25, 0.3) is 0 Å². The largest absolute Gasteiger partial charge is 0.271 e. The third-order valence-electron chi connectivity index (χ3n) is 2.73. The average molecular weight is 279 g/mol.